The molecular formula is C33H34ClN5O2. The van der Waals surface area contributed by atoms with Gasteiger partial charge in [0.05, 0.1) is 33.9 Å². The summed E-state index contributed by atoms with van der Waals surface area (Å²) in [6.45, 7) is 12.8. The lowest BCUT2D eigenvalue weighted by Gasteiger charge is -2.25. The Hall–Kier alpha value is -3.91. The zero-order valence-electron chi connectivity index (χ0n) is 23.8. The number of carbonyl (C=O) groups is 1. The summed E-state index contributed by atoms with van der Waals surface area (Å²) in [6, 6.07) is 14.2. The number of hydrogen-bond acceptors (Lipinski definition) is 6. The van der Waals surface area contributed by atoms with Crippen molar-refractivity contribution >= 4 is 23.2 Å². The second-order valence-corrected chi connectivity index (χ2v) is 10.8. The van der Waals surface area contributed by atoms with Crippen molar-refractivity contribution in [2.24, 2.45) is 0 Å². The molecule has 3 aromatic rings. The van der Waals surface area contributed by atoms with Crippen LogP contribution in [0.3, 0.4) is 0 Å². The lowest BCUT2D eigenvalue weighted by molar-refractivity contribution is -0.117. The lowest BCUT2D eigenvalue weighted by Crippen LogP contribution is -2.31. The number of aromatic nitrogens is 2. The van der Waals surface area contributed by atoms with Gasteiger partial charge in [-0.25, -0.2) is 0 Å². The topological polar surface area (TPSA) is 94.3 Å². The van der Waals surface area contributed by atoms with Crippen LogP contribution in [0, 0.1) is 19.3 Å². The zero-order valence-corrected chi connectivity index (χ0v) is 24.5. The van der Waals surface area contributed by atoms with Crippen molar-refractivity contribution in [2.45, 2.75) is 46.1 Å². The molecule has 1 aliphatic carbocycles. The summed E-state index contributed by atoms with van der Waals surface area (Å²) in [5, 5.41) is 13.8. The molecule has 1 aromatic carbocycles. The molecule has 3 heterocycles. The molecule has 1 amide bonds. The number of amides is 1. The number of pyridine rings is 2. The van der Waals surface area contributed by atoms with E-state index in [1.54, 1.807) is 18.3 Å². The molecule has 1 fully saturated rings. The van der Waals surface area contributed by atoms with Crippen molar-refractivity contribution in [3.05, 3.63) is 117 Å². The number of nitrogens with one attached hydrogen (secondary N) is 2. The third-order valence-electron chi connectivity index (χ3n) is 7.73. The molecule has 7 nitrogen and oxygen atoms in total. The minimum absolute atomic E-state index is 0.0602. The molecule has 5 rings (SSSR count). The highest BCUT2D eigenvalue weighted by Crippen LogP contribution is 2.40. The van der Waals surface area contributed by atoms with E-state index in [4.69, 9.17) is 26.8 Å². The number of rotatable bonds is 9. The van der Waals surface area contributed by atoms with E-state index in [2.05, 4.69) is 48.9 Å². The van der Waals surface area contributed by atoms with Crippen LogP contribution in [0.25, 0.3) is 11.3 Å². The van der Waals surface area contributed by atoms with E-state index >= 15 is 0 Å². The first kappa shape index (κ1) is 28.6. The minimum atomic E-state index is -0.233. The molecule has 1 saturated heterocycles. The fourth-order valence-corrected chi connectivity index (χ4v) is 5.53. The molecule has 210 valence electrons. The lowest BCUT2D eigenvalue weighted by atomic mass is 9.89. The van der Waals surface area contributed by atoms with E-state index in [1.807, 2.05) is 43.2 Å². The van der Waals surface area contributed by atoms with E-state index in [9.17, 15) is 4.79 Å². The number of nitrogens with zero attached hydrogens (tertiary/aromatic N) is 3. The molecule has 2 aliphatic rings. The Morgan fingerprint density at radius 2 is 1.93 bits per heavy atom. The van der Waals surface area contributed by atoms with E-state index in [1.165, 1.54) is 0 Å². The fourth-order valence-electron chi connectivity index (χ4n) is 5.33. The van der Waals surface area contributed by atoms with E-state index in [0.29, 0.717) is 40.7 Å². The van der Waals surface area contributed by atoms with Gasteiger partial charge in [-0.05, 0) is 79.3 Å². The Bertz CT molecular complexity index is 1590. The maximum Gasteiger partial charge on any atom is 0.251 e. The number of carbonyl (C=O) groups excluding carboxylic acids is 1. The largest absolute Gasteiger partial charge is 0.351 e. The van der Waals surface area contributed by atoms with Gasteiger partial charge in [0.1, 0.15) is 6.73 Å². The monoisotopic (exact) mass is 567 g/mol. The quantitative estimate of drug-likeness (QED) is 0.278. The van der Waals surface area contributed by atoms with Crippen LogP contribution in [0.4, 0.5) is 0 Å². The van der Waals surface area contributed by atoms with E-state index < -0.39 is 0 Å². The predicted molar refractivity (Wildman–Crippen MR) is 163 cm³/mol. The van der Waals surface area contributed by atoms with Crippen molar-refractivity contribution in [3.8, 4) is 11.3 Å². The van der Waals surface area contributed by atoms with Crippen molar-refractivity contribution < 1.29 is 9.63 Å². The van der Waals surface area contributed by atoms with Crippen LogP contribution in [0.5, 0.6) is 0 Å². The van der Waals surface area contributed by atoms with Gasteiger partial charge >= 0.3 is 0 Å². The van der Waals surface area contributed by atoms with Crippen LogP contribution in [0.2, 0.25) is 5.02 Å². The second-order valence-electron chi connectivity index (χ2n) is 10.5. The number of benzene rings is 1. The molecule has 0 bridgehead atoms. The van der Waals surface area contributed by atoms with Gasteiger partial charge in [0.25, 0.3) is 5.91 Å². The fraction of sp³-hybridized carbons (Fsp3) is 0.273. The van der Waals surface area contributed by atoms with Crippen LogP contribution >= 0.6 is 11.6 Å². The zero-order chi connectivity index (χ0) is 29.3. The number of allylic oxidation sites excluding steroid dienone is 3. The Morgan fingerprint density at radius 1 is 1.20 bits per heavy atom. The SMILES string of the molecule is C=C1C=C(C(=O)NCC(c2ccccc2)c2cc(C(CC)N3CO3)c(C)c(-c3ccnc(C)c3Cl)n2)C=C(C)C1=N. The average molecular weight is 568 g/mol. The molecule has 0 radical (unpaired) electrons. The van der Waals surface area contributed by atoms with Crippen molar-refractivity contribution in [1.82, 2.24) is 20.3 Å². The highest BCUT2D eigenvalue weighted by Gasteiger charge is 2.33. The summed E-state index contributed by atoms with van der Waals surface area (Å²) >= 11 is 6.78. The second kappa shape index (κ2) is 11.9. The standard InChI is InChI=1S/C33H34ClN5O2/c1-6-29(39-18-41-39)26-16-28(38-32(21(26)4)25-12-13-36-22(5)30(25)34)27(23-10-8-7-9-11-23)17-37-33(40)24-14-19(2)31(35)20(3)15-24/h7-16,27,29,35H,2,6,17-18H2,1,3-5H3,(H,37,40). The highest BCUT2D eigenvalue weighted by molar-refractivity contribution is 6.33. The first-order valence-corrected chi connectivity index (χ1v) is 14.1. The molecular weight excluding hydrogens is 534 g/mol. The first-order chi connectivity index (χ1) is 19.7. The van der Waals surface area contributed by atoms with Crippen LogP contribution in [-0.2, 0) is 9.63 Å². The van der Waals surface area contributed by atoms with Gasteiger partial charge in [0, 0.05) is 29.8 Å². The predicted octanol–water partition coefficient (Wildman–Crippen LogP) is 6.78. The van der Waals surface area contributed by atoms with Gasteiger partial charge in [-0.1, -0.05) is 55.4 Å². The Balaban J connectivity index is 1.59. The summed E-state index contributed by atoms with van der Waals surface area (Å²) in [6.07, 6.45) is 6.00. The summed E-state index contributed by atoms with van der Waals surface area (Å²) in [5.74, 6) is -0.452. The molecule has 3 atom stereocenters. The third kappa shape index (κ3) is 5.93. The van der Waals surface area contributed by atoms with Gasteiger partial charge in [0.2, 0.25) is 0 Å². The van der Waals surface area contributed by atoms with Crippen molar-refractivity contribution in [2.75, 3.05) is 13.3 Å². The minimum Gasteiger partial charge on any atom is -0.351 e. The maximum absolute atomic E-state index is 13.3. The van der Waals surface area contributed by atoms with Crippen molar-refractivity contribution in [3.63, 3.8) is 0 Å². The van der Waals surface area contributed by atoms with Gasteiger partial charge < -0.3 is 10.7 Å². The number of hydroxylamine groups is 2. The smallest absolute Gasteiger partial charge is 0.251 e. The van der Waals surface area contributed by atoms with E-state index in [0.717, 1.165) is 45.8 Å². The van der Waals surface area contributed by atoms with Crippen LogP contribution in [0.1, 0.15) is 60.3 Å². The summed E-state index contributed by atoms with van der Waals surface area (Å²) < 4.78 is 0. The maximum atomic E-state index is 13.3. The molecule has 0 spiro atoms. The Labute approximate surface area is 246 Å². The van der Waals surface area contributed by atoms with Crippen molar-refractivity contribution in [1.29, 1.82) is 5.41 Å². The summed E-state index contributed by atoms with van der Waals surface area (Å²) in [7, 11) is 0. The molecule has 8 heteroatoms. The summed E-state index contributed by atoms with van der Waals surface area (Å²) in [5.41, 5.74) is 8.44. The Morgan fingerprint density at radius 3 is 2.59 bits per heavy atom. The number of halogens is 1. The normalized spacial score (nSPS) is 17.9. The number of aryl methyl sites for hydroxylation is 1. The molecule has 0 saturated carbocycles. The summed E-state index contributed by atoms with van der Waals surface area (Å²) in [4.78, 5) is 28.5. The van der Waals surface area contributed by atoms with Gasteiger partial charge in [-0.3, -0.25) is 19.6 Å². The van der Waals surface area contributed by atoms with Crippen LogP contribution in [0.15, 0.2) is 84.1 Å². The molecule has 2 aromatic heterocycles. The first-order valence-electron chi connectivity index (χ1n) is 13.7. The molecule has 3 unspecified atom stereocenters. The highest BCUT2D eigenvalue weighted by atomic mass is 35.5. The van der Waals surface area contributed by atoms with Gasteiger partial charge in [0.15, 0.2) is 0 Å². The van der Waals surface area contributed by atoms with Crippen LogP contribution < -0.4 is 5.32 Å². The molecule has 41 heavy (non-hydrogen) atoms. The average Bonchev–Trinajstić information content (AvgIpc) is 3.81. The van der Waals surface area contributed by atoms with Gasteiger partial charge in [-0.15, -0.1) is 0 Å². The number of hydrogen-bond donors (Lipinski definition) is 2. The van der Waals surface area contributed by atoms with E-state index in [-0.39, 0.29) is 17.9 Å². The third-order valence-corrected chi connectivity index (χ3v) is 8.20. The van der Waals surface area contributed by atoms with Crippen LogP contribution in [-0.4, -0.2) is 39.9 Å². The molecule has 1 aliphatic heterocycles. The van der Waals surface area contributed by atoms with Gasteiger partial charge in [-0.2, -0.15) is 5.06 Å². The Kier molecular flexibility index (Phi) is 8.31. The molecule has 2 N–H and O–H groups in total.